The molecule has 2 N–H and O–H groups in total. The standard InChI is InChI=1S/C20H18N2O3S/c1-2-13-21-26(24,25)17-10-5-9-16(14-17)20(23)22-19-12-6-8-15-7-3-4-11-18(15)19/h2-12,14,21H,1,13H2,(H,22,23). The molecule has 0 spiro atoms. The van der Waals surface area contributed by atoms with Crippen LogP contribution < -0.4 is 10.0 Å². The molecule has 0 aliphatic carbocycles. The monoisotopic (exact) mass is 366 g/mol. The molecule has 3 rings (SSSR count). The van der Waals surface area contributed by atoms with Gasteiger partial charge in [-0.1, -0.05) is 48.5 Å². The first-order chi connectivity index (χ1) is 12.5. The summed E-state index contributed by atoms with van der Waals surface area (Å²) in [7, 11) is -3.69. The van der Waals surface area contributed by atoms with Gasteiger partial charge in [0, 0.05) is 23.2 Å². The highest BCUT2D eigenvalue weighted by Crippen LogP contribution is 2.23. The minimum Gasteiger partial charge on any atom is -0.321 e. The van der Waals surface area contributed by atoms with E-state index >= 15 is 0 Å². The summed E-state index contributed by atoms with van der Waals surface area (Å²) in [6, 6.07) is 19.3. The first kappa shape index (κ1) is 17.8. The molecule has 132 valence electrons. The SMILES string of the molecule is C=CCNS(=O)(=O)c1cccc(C(=O)Nc2cccc3ccccc23)c1. The van der Waals surface area contributed by atoms with Gasteiger partial charge in [0.15, 0.2) is 0 Å². The molecule has 3 aromatic carbocycles. The molecule has 0 saturated carbocycles. The van der Waals surface area contributed by atoms with E-state index in [2.05, 4.69) is 16.6 Å². The van der Waals surface area contributed by atoms with Crippen molar-refractivity contribution in [3.63, 3.8) is 0 Å². The van der Waals surface area contributed by atoms with E-state index in [0.717, 1.165) is 10.8 Å². The molecule has 0 aliphatic heterocycles. The number of hydrogen-bond donors (Lipinski definition) is 2. The van der Waals surface area contributed by atoms with E-state index in [0.29, 0.717) is 5.69 Å². The maximum atomic E-state index is 12.6. The average molecular weight is 366 g/mol. The minimum absolute atomic E-state index is 0.0323. The van der Waals surface area contributed by atoms with E-state index in [-0.39, 0.29) is 22.9 Å². The van der Waals surface area contributed by atoms with Crippen LogP contribution in [0.2, 0.25) is 0 Å². The number of carbonyl (C=O) groups is 1. The van der Waals surface area contributed by atoms with Crippen molar-refractivity contribution in [2.45, 2.75) is 4.90 Å². The summed E-state index contributed by atoms with van der Waals surface area (Å²) in [6.07, 6.45) is 1.45. The summed E-state index contributed by atoms with van der Waals surface area (Å²) in [5.74, 6) is -0.373. The molecule has 0 saturated heterocycles. The van der Waals surface area contributed by atoms with Gasteiger partial charge in [-0.15, -0.1) is 6.58 Å². The largest absolute Gasteiger partial charge is 0.321 e. The molecular weight excluding hydrogens is 348 g/mol. The molecule has 26 heavy (non-hydrogen) atoms. The molecule has 0 atom stereocenters. The second-order valence-electron chi connectivity index (χ2n) is 5.65. The van der Waals surface area contributed by atoms with Crippen molar-refractivity contribution in [1.82, 2.24) is 4.72 Å². The molecule has 5 nitrogen and oxygen atoms in total. The Bertz CT molecular complexity index is 1070. The zero-order chi connectivity index (χ0) is 18.6. The van der Waals surface area contributed by atoms with E-state index in [1.165, 1.54) is 18.2 Å². The minimum atomic E-state index is -3.69. The number of fused-ring (bicyclic) bond motifs is 1. The van der Waals surface area contributed by atoms with Crippen molar-refractivity contribution < 1.29 is 13.2 Å². The number of rotatable bonds is 6. The number of benzene rings is 3. The molecule has 6 heteroatoms. The summed E-state index contributed by atoms with van der Waals surface area (Å²) in [4.78, 5) is 12.6. The number of carbonyl (C=O) groups excluding carboxylic acids is 1. The number of sulfonamides is 1. The molecule has 0 aromatic heterocycles. The highest BCUT2D eigenvalue weighted by atomic mass is 32.2. The Hall–Kier alpha value is -2.96. The maximum Gasteiger partial charge on any atom is 0.255 e. The third-order valence-corrected chi connectivity index (χ3v) is 5.28. The van der Waals surface area contributed by atoms with Crippen molar-refractivity contribution in [2.75, 3.05) is 11.9 Å². The van der Waals surface area contributed by atoms with Crippen molar-refractivity contribution >= 4 is 32.4 Å². The lowest BCUT2D eigenvalue weighted by Crippen LogP contribution is -2.24. The van der Waals surface area contributed by atoms with E-state index < -0.39 is 10.0 Å². The highest BCUT2D eigenvalue weighted by molar-refractivity contribution is 7.89. The molecule has 0 heterocycles. The summed E-state index contributed by atoms with van der Waals surface area (Å²) >= 11 is 0. The predicted octanol–water partition coefficient (Wildman–Crippen LogP) is 3.56. The third-order valence-electron chi connectivity index (χ3n) is 3.86. The number of nitrogens with one attached hydrogen (secondary N) is 2. The molecule has 0 bridgehead atoms. The van der Waals surface area contributed by atoms with Crippen molar-refractivity contribution in [1.29, 1.82) is 0 Å². The first-order valence-electron chi connectivity index (χ1n) is 8.01. The lowest BCUT2D eigenvalue weighted by molar-refractivity contribution is 0.102. The normalized spacial score (nSPS) is 11.2. The summed E-state index contributed by atoms with van der Waals surface area (Å²) in [6.45, 7) is 3.60. The van der Waals surface area contributed by atoms with Gasteiger partial charge in [-0.3, -0.25) is 4.79 Å². The van der Waals surface area contributed by atoms with Crippen LogP contribution in [-0.4, -0.2) is 20.9 Å². The Morgan fingerprint density at radius 2 is 1.73 bits per heavy atom. The molecule has 1 amide bonds. The fourth-order valence-electron chi connectivity index (χ4n) is 2.59. The van der Waals surface area contributed by atoms with Gasteiger partial charge in [-0.25, -0.2) is 13.1 Å². The van der Waals surface area contributed by atoms with Gasteiger partial charge < -0.3 is 5.32 Å². The summed E-state index contributed by atoms with van der Waals surface area (Å²) < 4.78 is 26.8. The second-order valence-corrected chi connectivity index (χ2v) is 7.42. The maximum absolute atomic E-state index is 12.6. The fraction of sp³-hybridized carbons (Fsp3) is 0.0500. The van der Waals surface area contributed by atoms with Crippen molar-refractivity contribution in [3.8, 4) is 0 Å². The van der Waals surface area contributed by atoms with Gasteiger partial charge in [0.25, 0.3) is 5.91 Å². The number of hydrogen-bond acceptors (Lipinski definition) is 3. The predicted molar refractivity (Wildman–Crippen MR) is 104 cm³/mol. The van der Waals surface area contributed by atoms with Gasteiger partial charge >= 0.3 is 0 Å². The average Bonchev–Trinajstić information content (AvgIpc) is 2.67. The van der Waals surface area contributed by atoms with Crippen LogP contribution in [0.5, 0.6) is 0 Å². The quantitative estimate of drug-likeness (QED) is 0.655. The van der Waals surface area contributed by atoms with E-state index in [1.807, 2.05) is 42.5 Å². The Kier molecular flexibility index (Phi) is 5.16. The van der Waals surface area contributed by atoms with E-state index in [9.17, 15) is 13.2 Å². The molecule has 3 aromatic rings. The van der Waals surface area contributed by atoms with Gasteiger partial charge in [0.1, 0.15) is 0 Å². The van der Waals surface area contributed by atoms with Crippen molar-refractivity contribution in [2.24, 2.45) is 0 Å². The zero-order valence-electron chi connectivity index (χ0n) is 14.0. The van der Waals surface area contributed by atoms with Crippen LogP contribution in [0.15, 0.2) is 84.3 Å². The molecular formula is C20H18N2O3S. The number of amides is 1. The Morgan fingerprint density at radius 1 is 1.00 bits per heavy atom. The summed E-state index contributed by atoms with van der Waals surface area (Å²) in [5.41, 5.74) is 0.936. The first-order valence-corrected chi connectivity index (χ1v) is 9.49. The Balaban J connectivity index is 1.89. The topological polar surface area (TPSA) is 75.3 Å². The summed E-state index contributed by atoms with van der Waals surface area (Å²) in [5, 5.41) is 4.78. The van der Waals surface area contributed by atoms with Gasteiger partial charge in [-0.05, 0) is 29.7 Å². The molecule has 0 radical (unpaired) electrons. The van der Waals surface area contributed by atoms with Crippen molar-refractivity contribution in [3.05, 3.63) is 84.9 Å². The zero-order valence-corrected chi connectivity index (χ0v) is 14.8. The van der Waals surface area contributed by atoms with E-state index in [4.69, 9.17) is 0 Å². The lowest BCUT2D eigenvalue weighted by Gasteiger charge is -2.10. The van der Waals surface area contributed by atoms with Crippen LogP contribution in [0, 0.1) is 0 Å². The molecule has 0 unspecified atom stereocenters. The van der Waals surface area contributed by atoms with Crippen LogP contribution in [0.1, 0.15) is 10.4 Å². The van der Waals surface area contributed by atoms with Crippen LogP contribution in [0.3, 0.4) is 0 Å². The van der Waals surface area contributed by atoms with Gasteiger partial charge in [-0.2, -0.15) is 0 Å². The molecule has 0 fully saturated rings. The van der Waals surface area contributed by atoms with Gasteiger partial charge in [0.05, 0.1) is 4.90 Å². The molecule has 0 aliphatic rings. The van der Waals surface area contributed by atoms with Crippen LogP contribution >= 0.6 is 0 Å². The fourth-order valence-corrected chi connectivity index (χ4v) is 3.63. The van der Waals surface area contributed by atoms with E-state index in [1.54, 1.807) is 12.1 Å². The smallest absolute Gasteiger partial charge is 0.255 e. The highest BCUT2D eigenvalue weighted by Gasteiger charge is 2.16. The van der Waals surface area contributed by atoms with Gasteiger partial charge in [0.2, 0.25) is 10.0 Å². The lowest BCUT2D eigenvalue weighted by atomic mass is 10.1. The van der Waals surface area contributed by atoms with Crippen LogP contribution in [-0.2, 0) is 10.0 Å². The van der Waals surface area contributed by atoms with Crippen LogP contribution in [0.4, 0.5) is 5.69 Å². The van der Waals surface area contributed by atoms with Crippen LogP contribution in [0.25, 0.3) is 10.8 Å². The Labute approximate surface area is 152 Å². The third kappa shape index (κ3) is 3.82. The Morgan fingerprint density at radius 3 is 2.54 bits per heavy atom. The second kappa shape index (κ2) is 7.51. The number of anilines is 1.